The zero-order valence-corrected chi connectivity index (χ0v) is 16.2. The second kappa shape index (κ2) is 7.42. The minimum Gasteiger partial charge on any atom is -0.310 e. The van der Waals surface area contributed by atoms with Gasteiger partial charge in [-0.2, -0.15) is 10.2 Å². The lowest BCUT2D eigenvalue weighted by Crippen LogP contribution is -2.34. The Kier molecular flexibility index (Phi) is 4.63. The van der Waals surface area contributed by atoms with E-state index in [4.69, 9.17) is 0 Å². The lowest BCUT2D eigenvalue weighted by molar-refractivity contribution is 0.192. The Bertz CT molecular complexity index is 899. The Hall–Kier alpha value is -2.62. The first-order chi connectivity index (χ1) is 13.8. The Balaban J connectivity index is 1.27. The van der Waals surface area contributed by atoms with Gasteiger partial charge in [0.2, 0.25) is 0 Å². The number of hydrogen-bond donors (Lipinski definition) is 0. The monoisotopic (exact) mass is 382 g/mol. The summed E-state index contributed by atoms with van der Waals surface area (Å²) >= 11 is 0. The van der Waals surface area contributed by atoms with Crippen molar-refractivity contribution in [1.82, 2.24) is 49.2 Å². The van der Waals surface area contributed by atoms with E-state index in [0.29, 0.717) is 18.5 Å². The van der Waals surface area contributed by atoms with Crippen molar-refractivity contribution in [1.29, 1.82) is 0 Å². The van der Waals surface area contributed by atoms with Gasteiger partial charge in [-0.3, -0.25) is 4.90 Å². The fourth-order valence-corrected chi connectivity index (χ4v) is 4.14. The molecule has 3 aromatic heterocycles. The summed E-state index contributed by atoms with van der Waals surface area (Å²) in [6, 6.07) is 0.560. The fourth-order valence-electron chi connectivity index (χ4n) is 4.14. The number of likely N-dealkylation sites (tertiary alicyclic amines) is 1. The number of aryl methyl sites for hydroxylation is 1. The molecule has 10 heteroatoms. The molecule has 0 N–H and O–H groups in total. The van der Waals surface area contributed by atoms with Gasteiger partial charge in [-0.25, -0.2) is 19.3 Å². The van der Waals surface area contributed by atoms with Crippen LogP contribution in [0.25, 0.3) is 0 Å². The lowest BCUT2D eigenvalue weighted by atomic mass is 9.95. The van der Waals surface area contributed by atoms with Crippen molar-refractivity contribution in [2.75, 3.05) is 13.1 Å². The minimum atomic E-state index is 0.470. The van der Waals surface area contributed by atoms with E-state index in [1.807, 2.05) is 9.36 Å². The summed E-state index contributed by atoms with van der Waals surface area (Å²) in [6.07, 6.45) is 9.61. The average molecular weight is 382 g/mol. The third kappa shape index (κ3) is 3.44. The zero-order valence-electron chi connectivity index (χ0n) is 16.2. The van der Waals surface area contributed by atoms with Crippen molar-refractivity contribution in [2.24, 2.45) is 0 Å². The highest BCUT2D eigenvalue weighted by atomic mass is 15.4. The molecule has 10 nitrogen and oxygen atoms in total. The summed E-state index contributed by atoms with van der Waals surface area (Å²) in [5.41, 5.74) is 0. The number of nitrogens with zero attached hydrogens (tertiary/aromatic N) is 10. The molecule has 1 aliphatic carbocycles. The van der Waals surface area contributed by atoms with Gasteiger partial charge in [-0.05, 0) is 45.7 Å². The smallest absolute Gasteiger partial charge is 0.155 e. The summed E-state index contributed by atoms with van der Waals surface area (Å²) in [6.45, 7) is 6.58. The predicted octanol–water partition coefficient (Wildman–Crippen LogP) is 1.24. The van der Waals surface area contributed by atoms with Crippen LogP contribution in [0, 0.1) is 0 Å². The van der Waals surface area contributed by atoms with E-state index in [9.17, 15) is 0 Å². The molecule has 1 saturated carbocycles. The number of rotatable bonds is 7. The molecule has 0 amide bonds. The minimum absolute atomic E-state index is 0.470. The van der Waals surface area contributed by atoms with Gasteiger partial charge in [0.25, 0.3) is 0 Å². The van der Waals surface area contributed by atoms with Gasteiger partial charge in [0, 0.05) is 18.5 Å². The van der Waals surface area contributed by atoms with Crippen LogP contribution in [0.2, 0.25) is 0 Å². The normalized spacial score (nSPS) is 18.8. The van der Waals surface area contributed by atoms with Crippen molar-refractivity contribution in [2.45, 2.75) is 64.2 Å². The summed E-state index contributed by atoms with van der Waals surface area (Å²) in [5, 5.41) is 17.6. The van der Waals surface area contributed by atoms with E-state index >= 15 is 0 Å². The molecule has 2 fully saturated rings. The Morgan fingerprint density at radius 1 is 0.964 bits per heavy atom. The van der Waals surface area contributed by atoms with Crippen LogP contribution in [-0.2, 0) is 19.6 Å². The van der Waals surface area contributed by atoms with E-state index in [2.05, 4.69) is 46.8 Å². The van der Waals surface area contributed by atoms with Crippen LogP contribution in [0.15, 0.2) is 19.0 Å². The van der Waals surface area contributed by atoms with Crippen molar-refractivity contribution in [3.05, 3.63) is 36.5 Å². The first kappa shape index (κ1) is 17.5. The summed E-state index contributed by atoms with van der Waals surface area (Å²) in [4.78, 5) is 10.9. The molecular weight excluding hydrogens is 356 g/mol. The van der Waals surface area contributed by atoms with Gasteiger partial charge in [0.05, 0.1) is 6.54 Å². The zero-order chi connectivity index (χ0) is 18.9. The van der Waals surface area contributed by atoms with Crippen molar-refractivity contribution >= 4 is 0 Å². The molecule has 148 valence electrons. The van der Waals surface area contributed by atoms with Gasteiger partial charge in [0.1, 0.15) is 37.2 Å². The van der Waals surface area contributed by atoms with Crippen LogP contribution in [0.4, 0.5) is 0 Å². The van der Waals surface area contributed by atoms with Gasteiger partial charge in [0.15, 0.2) is 5.82 Å². The molecule has 1 saturated heterocycles. The highest BCUT2D eigenvalue weighted by molar-refractivity contribution is 5.09. The highest BCUT2D eigenvalue weighted by Gasteiger charge is 2.33. The van der Waals surface area contributed by atoms with Crippen LogP contribution in [-0.4, -0.2) is 62.3 Å². The van der Waals surface area contributed by atoms with E-state index in [0.717, 1.165) is 56.5 Å². The predicted molar refractivity (Wildman–Crippen MR) is 100 cm³/mol. The second-order valence-corrected chi connectivity index (χ2v) is 7.71. The maximum absolute atomic E-state index is 4.62. The van der Waals surface area contributed by atoms with E-state index < -0.39 is 0 Å². The third-order valence-electron chi connectivity index (χ3n) is 5.79. The first-order valence-electron chi connectivity index (χ1n) is 10.2. The van der Waals surface area contributed by atoms with Gasteiger partial charge in [-0.15, -0.1) is 10.2 Å². The van der Waals surface area contributed by atoms with Gasteiger partial charge >= 0.3 is 0 Å². The first-order valence-corrected chi connectivity index (χ1v) is 10.2. The van der Waals surface area contributed by atoms with E-state index in [1.165, 1.54) is 12.8 Å². The fraction of sp³-hybridized carbons (Fsp3) is 0.667. The molecule has 1 aliphatic heterocycles. The maximum Gasteiger partial charge on any atom is 0.155 e. The van der Waals surface area contributed by atoms with E-state index in [-0.39, 0.29) is 0 Å². The van der Waals surface area contributed by atoms with Crippen molar-refractivity contribution in [3.8, 4) is 0 Å². The Labute approximate surface area is 163 Å². The number of piperidine rings is 1. The maximum atomic E-state index is 4.62. The molecule has 4 heterocycles. The quantitative estimate of drug-likeness (QED) is 0.607. The summed E-state index contributed by atoms with van der Waals surface area (Å²) < 4.78 is 6.18. The summed E-state index contributed by atoms with van der Waals surface area (Å²) in [7, 11) is 0. The topological polar surface area (TPSA) is 95.4 Å². The molecule has 0 spiro atoms. The van der Waals surface area contributed by atoms with Gasteiger partial charge < -0.3 is 4.57 Å². The largest absolute Gasteiger partial charge is 0.310 e. The molecule has 0 radical (unpaired) electrons. The highest BCUT2D eigenvalue weighted by Crippen LogP contribution is 2.40. The Morgan fingerprint density at radius 2 is 1.82 bits per heavy atom. The third-order valence-corrected chi connectivity index (χ3v) is 5.79. The average Bonchev–Trinajstić information content (AvgIpc) is 3.11. The number of hydrogen-bond acceptors (Lipinski definition) is 7. The second-order valence-electron chi connectivity index (χ2n) is 7.71. The van der Waals surface area contributed by atoms with Crippen molar-refractivity contribution < 1.29 is 0 Å². The number of aromatic nitrogens is 9. The molecule has 2 aliphatic rings. The van der Waals surface area contributed by atoms with Crippen LogP contribution in [0.1, 0.15) is 62.0 Å². The molecule has 5 rings (SSSR count). The van der Waals surface area contributed by atoms with Crippen molar-refractivity contribution in [3.63, 3.8) is 0 Å². The van der Waals surface area contributed by atoms with Crippen LogP contribution in [0.5, 0.6) is 0 Å². The molecule has 3 aromatic rings. The lowest BCUT2D eigenvalue weighted by Gasteiger charge is -2.31. The standard InChI is InChI=1S/C18H26N10/c1-2-27-16(20-12-22-27)9-25-7-5-14(6-8-25)18-24-23-17(28(18)15-3-4-15)10-26-13-19-11-21-26/h11-15H,2-10H2,1H3. The van der Waals surface area contributed by atoms with Crippen LogP contribution >= 0.6 is 0 Å². The molecular formula is C18H26N10. The Morgan fingerprint density at radius 3 is 2.54 bits per heavy atom. The van der Waals surface area contributed by atoms with E-state index in [1.54, 1.807) is 19.0 Å². The van der Waals surface area contributed by atoms with Crippen LogP contribution < -0.4 is 0 Å². The molecule has 0 bridgehead atoms. The molecule has 28 heavy (non-hydrogen) atoms. The molecule has 0 aromatic carbocycles. The van der Waals surface area contributed by atoms with Gasteiger partial charge in [-0.1, -0.05) is 0 Å². The SMILES string of the molecule is CCn1ncnc1CN1CCC(c2nnc(Cn3cncn3)n2C2CC2)CC1. The summed E-state index contributed by atoms with van der Waals surface area (Å²) in [5.74, 6) is 3.69. The molecule has 0 unspecified atom stereocenters. The molecule has 0 atom stereocenters. The van der Waals surface area contributed by atoms with Crippen LogP contribution in [0.3, 0.4) is 0 Å².